The van der Waals surface area contributed by atoms with Crippen molar-refractivity contribution in [3.05, 3.63) is 54.2 Å². The number of nitrogens with one attached hydrogen (secondary N) is 1. The molecule has 1 unspecified atom stereocenters. The molecule has 0 aromatic carbocycles. The molecule has 2 aromatic rings. The Balaban J connectivity index is 1.54. The summed E-state index contributed by atoms with van der Waals surface area (Å²) in [7, 11) is 0. The Labute approximate surface area is 157 Å². The van der Waals surface area contributed by atoms with E-state index in [1.165, 1.54) is 6.26 Å². The van der Waals surface area contributed by atoms with Crippen LogP contribution in [0.1, 0.15) is 48.4 Å². The van der Waals surface area contributed by atoms with E-state index in [1.807, 2.05) is 18.2 Å². The predicted octanol–water partition coefficient (Wildman–Crippen LogP) is 2.49. The van der Waals surface area contributed by atoms with Crippen molar-refractivity contribution in [1.82, 2.24) is 15.2 Å². The third-order valence-corrected chi connectivity index (χ3v) is 5.32. The molecular weight excluding hydrogens is 346 g/mol. The van der Waals surface area contributed by atoms with Crippen LogP contribution in [0.15, 0.2) is 47.2 Å². The second-order valence-corrected chi connectivity index (χ2v) is 7.02. The highest BCUT2D eigenvalue weighted by atomic mass is 16.5. The number of hydrogen-bond donors (Lipinski definition) is 1. The van der Waals surface area contributed by atoms with E-state index in [0.29, 0.717) is 6.54 Å². The van der Waals surface area contributed by atoms with E-state index < -0.39 is 11.8 Å². The highest BCUT2D eigenvalue weighted by Gasteiger charge is 2.53. The zero-order valence-electron chi connectivity index (χ0n) is 15.1. The van der Waals surface area contributed by atoms with E-state index in [4.69, 9.17) is 9.15 Å². The molecule has 2 fully saturated rings. The SMILES string of the molecule is O=C(NCc1ccccn1)C1COC2(CCCCC2)N1C(=O)c1ccco1. The maximum atomic E-state index is 13.1. The summed E-state index contributed by atoms with van der Waals surface area (Å²) in [4.78, 5) is 31.8. The smallest absolute Gasteiger partial charge is 0.292 e. The highest BCUT2D eigenvalue weighted by molar-refractivity contribution is 5.96. The average molecular weight is 369 g/mol. The van der Waals surface area contributed by atoms with Crippen LogP contribution in [0.5, 0.6) is 0 Å². The normalized spacial score (nSPS) is 21.3. The van der Waals surface area contributed by atoms with E-state index >= 15 is 0 Å². The Morgan fingerprint density at radius 2 is 2.04 bits per heavy atom. The molecule has 3 heterocycles. The number of aromatic nitrogens is 1. The lowest BCUT2D eigenvalue weighted by Gasteiger charge is -2.41. The largest absolute Gasteiger partial charge is 0.459 e. The molecule has 1 atom stereocenters. The van der Waals surface area contributed by atoms with Crippen molar-refractivity contribution in [2.45, 2.75) is 50.4 Å². The molecule has 142 valence electrons. The molecule has 2 aromatic heterocycles. The van der Waals surface area contributed by atoms with Crippen LogP contribution in [0.3, 0.4) is 0 Å². The number of carbonyl (C=O) groups is 2. The van der Waals surface area contributed by atoms with Crippen molar-refractivity contribution in [3.8, 4) is 0 Å². The minimum absolute atomic E-state index is 0.195. The fourth-order valence-electron chi connectivity index (χ4n) is 3.99. The molecule has 7 heteroatoms. The number of hydrogen-bond acceptors (Lipinski definition) is 5. The first-order valence-electron chi connectivity index (χ1n) is 9.38. The lowest BCUT2D eigenvalue weighted by atomic mass is 9.90. The molecule has 2 aliphatic rings. The van der Waals surface area contributed by atoms with Crippen LogP contribution in [-0.2, 0) is 16.1 Å². The number of nitrogens with zero attached hydrogens (tertiary/aromatic N) is 2. The Morgan fingerprint density at radius 1 is 1.19 bits per heavy atom. The number of pyridine rings is 1. The highest BCUT2D eigenvalue weighted by Crippen LogP contribution is 2.41. The molecule has 1 N–H and O–H groups in total. The molecule has 0 radical (unpaired) electrons. The minimum Gasteiger partial charge on any atom is -0.459 e. The summed E-state index contributed by atoms with van der Waals surface area (Å²) >= 11 is 0. The third-order valence-electron chi connectivity index (χ3n) is 5.32. The van der Waals surface area contributed by atoms with Crippen LogP contribution >= 0.6 is 0 Å². The minimum atomic E-state index is -0.713. The Bertz CT molecular complexity index is 785. The number of furan rings is 1. The summed E-state index contributed by atoms with van der Waals surface area (Å²) in [5.41, 5.74) is 0.0517. The maximum Gasteiger partial charge on any atom is 0.292 e. The molecular formula is C20H23N3O4. The lowest BCUT2D eigenvalue weighted by molar-refractivity contribution is -0.127. The number of amides is 2. The summed E-state index contributed by atoms with van der Waals surface area (Å²) in [6.45, 7) is 0.506. The van der Waals surface area contributed by atoms with Gasteiger partial charge in [-0.2, -0.15) is 0 Å². The molecule has 7 nitrogen and oxygen atoms in total. The second kappa shape index (κ2) is 7.52. The van der Waals surface area contributed by atoms with Gasteiger partial charge in [0.25, 0.3) is 5.91 Å². The first kappa shape index (κ1) is 17.7. The molecule has 4 rings (SSSR count). The van der Waals surface area contributed by atoms with Crippen LogP contribution in [0, 0.1) is 0 Å². The van der Waals surface area contributed by atoms with Crippen LogP contribution in [0.4, 0.5) is 0 Å². The van der Waals surface area contributed by atoms with Crippen LogP contribution < -0.4 is 5.32 Å². The Kier molecular flexibility index (Phi) is 4.94. The van der Waals surface area contributed by atoms with Crippen molar-refractivity contribution >= 4 is 11.8 Å². The zero-order chi connectivity index (χ0) is 18.7. The van der Waals surface area contributed by atoms with Gasteiger partial charge in [-0.1, -0.05) is 12.5 Å². The van der Waals surface area contributed by atoms with E-state index in [2.05, 4.69) is 10.3 Å². The van der Waals surface area contributed by atoms with Crippen molar-refractivity contribution in [2.24, 2.45) is 0 Å². The summed E-state index contributed by atoms with van der Waals surface area (Å²) < 4.78 is 11.4. The van der Waals surface area contributed by atoms with Gasteiger partial charge in [-0.3, -0.25) is 19.5 Å². The van der Waals surface area contributed by atoms with Crippen LogP contribution in [-0.4, -0.2) is 40.1 Å². The van der Waals surface area contributed by atoms with Crippen molar-refractivity contribution in [1.29, 1.82) is 0 Å². The lowest BCUT2D eigenvalue weighted by Crippen LogP contribution is -2.56. The van der Waals surface area contributed by atoms with Crippen LogP contribution in [0.25, 0.3) is 0 Å². The third kappa shape index (κ3) is 3.47. The molecule has 0 bridgehead atoms. The molecule has 1 aliphatic heterocycles. The first-order chi connectivity index (χ1) is 13.2. The summed E-state index contributed by atoms with van der Waals surface area (Å²) in [6.07, 6.45) is 7.70. The topological polar surface area (TPSA) is 84.7 Å². The summed E-state index contributed by atoms with van der Waals surface area (Å²) in [6, 6.07) is 8.17. The van der Waals surface area contributed by atoms with Gasteiger partial charge in [-0.15, -0.1) is 0 Å². The van der Waals surface area contributed by atoms with E-state index in [-0.39, 0.29) is 24.2 Å². The fraction of sp³-hybridized carbons (Fsp3) is 0.450. The standard InChI is InChI=1S/C20H23N3O4/c24-18(22-13-15-7-2-5-11-21-15)16-14-27-20(9-3-1-4-10-20)23(16)19(25)17-8-6-12-26-17/h2,5-8,11-12,16H,1,3-4,9-10,13-14H2,(H,22,24). The zero-order valence-corrected chi connectivity index (χ0v) is 15.1. The van der Waals surface area contributed by atoms with Gasteiger partial charge in [0.15, 0.2) is 5.76 Å². The van der Waals surface area contributed by atoms with E-state index in [1.54, 1.807) is 23.2 Å². The van der Waals surface area contributed by atoms with E-state index in [9.17, 15) is 9.59 Å². The molecule has 2 amide bonds. The Hall–Kier alpha value is -2.67. The van der Waals surface area contributed by atoms with Gasteiger partial charge in [0.1, 0.15) is 11.8 Å². The number of rotatable bonds is 4. The monoisotopic (exact) mass is 369 g/mol. The van der Waals surface area contributed by atoms with Gasteiger partial charge in [-0.25, -0.2) is 0 Å². The van der Waals surface area contributed by atoms with Crippen molar-refractivity contribution in [3.63, 3.8) is 0 Å². The van der Waals surface area contributed by atoms with Crippen molar-refractivity contribution < 1.29 is 18.7 Å². The first-order valence-corrected chi connectivity index (χ1v) is 9.38. The summed E-state index contributed by atoms with van der Waals surface area (Å²) in [5, 5.41) is 2.89. The van der Waals surface area contributed by atoms with Crippen LogP contribution in [0.2, 0.25) is 0 Å². The van der Waals surface area contributed by atoms with Gasteiger partial charge in [0.2, 0.25) is 5.91 Å². The quantitative estimate of drug-likeness (QED) is 0.895. The molecule has 1 spiro atoms. The van der Waals surface area contributed by atoms with Gasteiger partial charge in [0, 0.05) is 6.20 Å². The molecule has 1 aliphatic carbocycles. The van der Waals surface area contributed by atoms with Crippen molar-refractivity contribution in [2.75, 3.05) is 6.61 Å². The van der Waals surface area contributed by atoms with Gasteiger partial charge in [-0.05, 0) is 49.9 Å². The fourth-order valence-corrected chi connectivity index (χ4v) is 3.99. The molecule has 1 saturated carbocycles. The second-order valence-electron chi connectivity index (χ2n) is 7.02. The maximum absolute atomic E-state index is 13.1. The summed E-state index contributed by atoms with van der Waals surface area (Å²) in [5.74, 6) is -0.298. The Morgan fingerprint density at radius 3 is 2.74 bits per heavy atom. The predicted molar refractivity (Wildman–Crippen MR) is 96.5 cm³/mol. The van der Waals surface area contributed by atoms with Gasteiger partial charge < -0.3 is 14.5 Å². The number of carbonyl (C=O) groups excluding carboxylic acids is 2. The average Bonchev–Trinajstić information content (AvgIpc) is 3.36. The van der Waals surface area contributed by atoms with Gasteiger partial charge >= 0.3 is 0 Å². The number of ether oxygens (including phenoxy) is 1. The van der Waals surface area contributed by atoms with E-state index in [0.717, 1.165) is 37.8 Å². The van der Waals surface area contributed by atoms with Gasteiger partial charge in [0.05, 0.1) is 25.1 Å². The molecule has 27 heavy (non-hydrogen) atoms. The molecule has 1 saturated heterocycles.